The van der Waals surface area contributed by atoms with Crippen LogP contribution in [0.2, 0.25) is 0 Å². The smallest absolute Gasteiger partial charge is 0.161 e. The molecule has 0 aliphatic heterocycles. The maximum atomic E-state index is 13.5. The minimum atomic E-state index is -0.294. The highest BCUT2D eigenvalue weighted by atomic mass is 19.1. The van der Waals surface area contributed by atoms with E-state index < -0.39 is 0 Å². The molecule has 0 amide bonds. The van der Waals surface area contributed by atoms with Crippen molar-refractivity contribution in [1.82, 2.24) is 5.32 Å². The van der Waals surface area contributed by atoms with Crippen LogP contribution >= 0.6 is 0 Å². The van der Waals surface area contributed by atoms with E-state index in [2.05, 4.69) is 5.32 Å². The fourth-order valence-corrected chi connectivity index (χ4v) is 3.38. The van der Waals surface area contributed by atoms with Crippen LogP contribution < -0.4 is 14.8 Å². The summed E-state index contributed by atoms with van der Waals surface area (Å²) < 4.78 is 38.3. The van der Waals surface area contributed by atoms with Crippen molar-refractivity contribution in [2.75, 3.05) is 13.2 Å². The second-order valence-electron chi connectivity index (χ2n) is 7.00. The third kappa shape index (κ3) is 5.36. The summed E-state index contributed by atoms with van der Waals surface area (Å²) in [5.74, 6) is 0.824. The van der Waals surface area contributed by atoms with E-state index in [0.717, 1.165) is 16.7 Å². The first-order valence-electron chi connectivity index (χ1n) is 10.2. The van der Waals surface area contributed by atoms with Crippen LogP contribution in [0.1, 0.15) is 49.5 Å². The molecule has 0 saturated carbocycles. The van der Waals surface area contributed by atoms with E-state index in [9.17, 15) is 8.78 Å². The first-order valence-corrected chi connectivity index (χ1v) is 10.2. The van der Waals surface area contributed by atoms with Crippen LogP contribution in [-0.2, 0) is 0 Å². The fraction of sp³-hybridized carbons (Fsp3) is 0.280. The molecular weight excluding hydrogens is 384 g/mol. The molecule has 1 N–H and O–H groups in total. The van der Waals surface area contributed by atoms with Gasteiger partial charge >= 0.3 is 0 Å². The molecule has 3 aromatic rings. The minimum absolute atomic E-state index is 0.0556. The minimum Gasteiger partial charge on any atom is -0.490 e. The zero-order valence-corrected chi connectivity index (χ0v) is 17.5. The second-order valence-corrected chi connectivity index (χ2v) is 7.00. The van der Waals surface area contributed by atoms with Crippen molar-refractivity contribution in [3.8, 4) is 11.5 Å². The number of halogens is 2. The first kappa shape index (κ1) is 21.8. The van der Waals surface area contributed by atoms with Gasteiger partial charge in [-0.25, -0.2) is 8.78 Å². The highest BCUT2D eigenvalue weighted by Crippen LogP contribution is 2.32. The van der Waals surface area contributed by atoms with Gasteiger partial charge < -0.3 is 9.47 Å². The zero-order valence-electron chi connectivity index (χ0n) is 17.5. The van der Waals surface area contributed by atoms with Crippen molar-refractivity contribution in [2.24, 2.45) is 0 Å². The van der Waals surface area contributed by atoms with Crippen LogP contribution in [0, 0.1) is 11.6 Å². The average Bonchev–Trinajstić information content (AvgIpc) is 2.75. The molecule has 30 heavy (non-hydrogen) atoms. The molecule has 0 fully saturated rings. The Morgan fingerprint density at radius 1 is 0.700 bits per heavy atom. The molecule has 0 aliphatic carbocycles. The summed E-state index contributed by atoms with van der Waals surface area (Å²) >= 11 is 0. The van der Waals surface area contributed by atoms with Crippen molar-refractivity contribution in [1.29, 1.82) is 0 Å². The van der Waals surface area contributed by atoms with Crippen molar-refractivity contribution in [3.05, 3.63) is 95.1 Å². The van der Waals surface area contributed by atoms with Gasteiger partial charge in [0.25, 0.3) is 0 Å². The van der Waals surface area contributed by atoms with Crippen LogP contribution in [0.3, 0.4) is 0 Å². The SMILES string of the molecule is CCOc1ccc(C(C)NC(c2ccc(F)cc2)c2ccc(F)cc2)cc1OCC. The number of rotatable bonds is 9. The zero-order chi connectivity index (χ0) is 21.5. The predicted molar refractivity (Wildman–Crippen MR) is 115 cm³/mol. The second kappa shape index (κ2) is 10.2. The van der Waals surface area contributed by atoms with E-state index in [4.69, 9.17) is 9.47 Å². The summed E-state index contributed by atoms with van der Waals surface area (Å²) in [7, 11) is 0. The Labute approximate surface area is 176 Å². The Morgan fingerprint density at radius 3 is 1.67 bits per heavy atom. The Hall–Kier alpha value is -2.92. The topological polar surface area (TPSA) is 30.5 Å². The third-order valence-corrected chi connectivity index (χ3v) is 4.89. The average molecular weight is 411 g/mol. The van der Waals surface area contributed by atoms with Gasteiger partial charge in [0.2, 0.25) is 0 Å². The lowest BCUT2D eigenvalue weighted by Crippen LogP contribution is -2.25. The summed E-state index contributed by atoms with van der Waals surface area (Å²) in [6, 6.07) is 18.3. The van der Waals surface area contributed by atoms with E-state index >= 15 is 0 Å². The quantitative estimate of drug-likeness (QED) is 0.455. The van der Waals surface area contributed by atoms with Crippen molar-refractivity contribution in [2.45, 2.75) is 32.9 Å². The van der Waals surface area contributed by atoms with Gasteiger partial charge in [-0.2, -0.15) is 0 Å². The Balaban J connectivity index is 1.91. The van der Waals surface area contributed by atoms with Crippen LogP contribution in [-0.4, -0.2) is 13.2 Å². The van der Waals surface area contributed by atoms with E-state index in [0.29, 0.717) is 24.7 Å². The number of benzene rings is 3. The highest BCUT2D eigenvalue weighted by molar-refractivity contribution is 5.44. The molecule has 3 nitrogen and oxygen atoms in total. The van der Waals surface area contributed by atoms with Gasteiger partial charge in [-0.15, -0.1) is 0 Å². The summed E-state index contributed by atoms with van der Waals surface area (Å²) in [4.78, 5) is 0. The molecule has 0 heterocycles. The monoisotopic (exact) mass is 411 g/mol. The molecule has 158 valence electrons. The predicted octanol–water partition coefficient (Wildman–Crippen LogP) is 6.20. The number of ether oxygens (including phenoxy) is 2. The molecule has 1 unspecified atom stereocenters. The van der Waals surface area contributed by atoms with Crippen molar-refractivity contribution < 1.29 is 18.3 Å². The largest absolute Gasteiger partial charge is 0.490 e. The third-order valence-electron chi connectivity index (χ3n) is 4.89. The van der Waals surface area contributed by atoms with E-state index in [1.807, 2.05) is 39.0 Å². The number of nitrogens with one attached hydrogen (secondary N) is 1. The van der Waals surface area contributed by atoms with E-state index in [1.54, 1.807) is 24.3 Å². The normalized spacial score (nSPS) is 12.1. The summed E-state index contributed by atoms with van der Waals surface area (Å²) in [6.07, 6.45) is 0. The van der Waals surface area contributed by atoms with Gasteiger partial charge in [-0.1, -0.05) is 30.3 Å². The summed E-state index contributed by atoms with van der Waals surface area (Å²) in [5.41, 5.74) is 2.81. The molecule has 5 heteroatoms. The molecule has 0 saturated heterocycles. The number of hydrogen-bond acceptors (Lipinski definition) is 3. The number of hydrogen-bond donors (Lipinski definition) is 1. The van der Waals surface area contributed by atoms with Crippen LogP contribution in [0.25, 0.3) is 0 Å². The standard InChI is InChI=1S/C25H27F2NO2/c1-4-29-23-15-10-20(16-24(23)30-5-2)17(3)28-25(18-6-11-21(26)12-7-18)19-8-13-22(27)14-9-19/h6-17,25,28H,4-5H2,1-3H3. The van der Waals surface area contributed by atoms with E-state index in [-0.39, 0.29) is 23.7 Å². The van der Waals surface area contributed by atoms with Gasteiger partial charge in [0, 0.05) is 6.04 Å². The maximum Gasteiger partial charge on any atom is 0.161 e. The first-order chi connectivity index (χ1) is 14.5. The summed E-state index contributed by atoms with van der Waals surface area (Å²) in [5, 5.41) is 3.58. The molecule has 0 radical (unpaired) electrons. The molecule has 0 aliphatic rings. The lowest BCUT2D eigenvalue weighted by atomic mass is 9.96. The molecule has 1 atom stereocenters. The Morgan fingerprint density at radius 2 is 1.17 bits per heavy atom. The van der Waals surface area contributed by atoms with Gasteiger partial charge in [-0.05, 0) is 73.9 Å². The maximum absolute atomic E-state index is 13.5. The fourth-order valence-electron chi connectivity index (χ4n) is 3.38. The van der Waals surface area contributed by atoms with E-state index in [1.165, 1.54) is 24.3 Å². The molecule has 0 bridgehead atoms. The van der Waals surface area contributed by atoms with Crippen LogP contribution in [0.4, 0.5) is 8.78 Å². The lowest BCUT2D eigenvalue weighted by Gasteiger charge is -2.25. The highest BCUT2D eigenvalue weighted by Gasteiger charge is 2.19. The molecule has 3 rings (SSSR count). The van der Waals surface area contributed by atoms with Crippen molar-refractivity contribution in [3.63, 3.8) is 0 Å². The molecule has 0 spiro atoms. The van der Waals surface area contributed by atoms with Gasteiger partial charge in [-0.3, -0.25) is 5.32 Å². The lowest BCUT2D eigenvalue weighted by molar-refractivity contribution is 0.287. The van der Waals surface area contributed by atoms with Crippen molar-refractivity contribution >= 4 is 0 Å². The van der Waals surface area contributed by atoms with Gasteiger partial charge in [0.05, 0.1) is 19.3 Å². The molecule has 0 aromatic heterocycles. The Kier molecular flexibility index (Phi) is 7.41. The molecular formula is C25H27F2NO2. The van der Waals surface area contributed by atoms with Gasteiger partial charge in [0.1, 0.15) is 11.6 Å². The van der Waals surface area contributed by atoms with Crippen LogP contribution in [0.15, 0.2) is 66.7 Å². The summed E-state index contributed by atoms with van der Waals surface area (Å²) in [6.45, 7) is 7.02. The molecule has 3 aromatic carbocycles. The van der Waals surface area contributed by atoms with Crippen LogP contribution in [0.5, 0.6) is 11.5 Å². The van der Waals surface area contributed by atoms with Gasteiger partial charge in [0.15, 0.2) is 11.5 Å². The Bertz CT molecular complexity index is 897.